The van der Waals surface area contributed by atoms with Gasteiger partial charge in [-0.3, -0.25) is 14.5 Å². The lowest BCUT2D eigenvalue weighted by atomic mass is 9.77. The molecule has 3 unspecified atom stereocenters. The summed E-state index contributed by atoms with van der Waals surface area (Å²) in [4.78, 5) is 34.2. The molecule has 1 amide bonds. The van der Waals surface area contributed by atoms with Gasteiger partial charge in [0.05, 0.1) is 49.1 Å². The first-order valence-electron chi connectivity index (χ1n) is 12.1. The Balaban J connectivity index is 1.56. The molecule has 1 fully saturated rings. The van der Waals surface area contributed by atoms with Gasteiger partial charge in [0.2, 0.25) is 5.75 Å². The largest absolute Gasteiger partial charge is 0.493 e. The topological polar surface area (TPSA) is 87.2 Å². The highest BCUT2D eigenvalue weighted by Gasteiger charge is 2.53. The maximum atomic E-state index is 14.0. The zero-order chi connectivity index (χ0) is 25.8. The molecule has 2 aromatic carbocycles. The van der Waals surface area contributed by atoms with E-state index in [9.17, 15) is 9.59 Å². The third-order valence-corrected chi connectivity index (χ3v) is 8.56. The van der Waals surface area contributed by atoms with Crippen molar-refractivity contribution in [3.05, 3.63) is 52.3 Å². The molecular weight excluding hydrogens is 516 g/mol. The summed E-state index contributed by atoms with van der Waals surface area (Å²) < 4.78 is 23.8. The van der Waals surface area contributed by atoms with E-state index in [2.05, 4.69) is 0 Å². The molecule has 192 valence electrons. The van der Waals surface area contributed by atoms with Crippen molar-refractivity contribution in [2.45, 2.75) is 37.8 Å². The van der Waals surface area contributed by atoms with Crippen LogP contribution in [0.5, 0.6) is 17.2 Å². The van der Waals surface area contributed by atoms with E-state index in [1.165, 1.54) is 32.7 Å². The minimum atomic E-state index is -0.761. The molecule has 3 atom stereocenters. The molecule has 0 spiro atoms. The van der Waals surface area contributed by atoms with E-state index in [1.54, 1.807) is 23.1 Å². The Morgan fingerprint density at radius 1 is 1.03 bits per heavy atom. The van der Waals surface area contributed by atoms with Crippen LogP contribution in [0.2, 0.25) is 5.02 Å². The first-order chi connectivity index (χ1) is 17.9. The average molecular weight is 541 g/mol. The van der Waals surface area contributed by atoms with Crippen molar-refractivity contribution in [2.24, 2.45) is 5.92 Å². The molecule has 0 radical (unpaired) electrons. The normalized spacial score (nSPS) is 23.1. The molecular formula is C27H25ClN2O6S. The van der Waals surface area contributed by atoms with Crippen molar-refractivity contribution in [1.82, 2.24) is 4.98 Å². The van der Waals surface area contributed by atoms with Crippen LogP contribution in [0.25, 0.3) is 10.2 Å². The van der Waals surface area contributed by atoms with Crippen molar-refractivity contribution in [2.75, 3.05) is 26.2 Å². The Kier molecular flexibility index (Phi) is 6.00. The fourth-order valence-electron chi connectivity index (χ4n) is 5.61. The number of methoxy groups -OCH3 is 3. The summed E-state index contributed by atoms with van der Waals surface area (Å²) in [6.45, 7) is 0. The molecule has 3 aliphatic rings. The van der Waals surface area contributed by atoms with Gasteiger partial charge in [-0.2, -0.15) is 0 Å². The number of benzene rings is 2. The lowest BCUT2D eigenvalue weighted by Gasteiger charge is -2.35. The van der Waals surface area contributed by atoms with Crippen LogP contribution in [0.15, 0.2) is 41.7 Å². The summed E-state index contributed by atoms with van der Waals surface area (Å²) in [6, 6.07) is 8.17. The average Bonchev–Trinajstić information content (AvgIpc) is 3.45. The van der Waals surface area contributed by atoms with E-state index in [-0.39, 0.29) is 29.5 Å². The molecule has 10 heteroatoms. The minimum absolute atomic E-state index is 0.0373. The molecule has 6 rings (SSSR count). The van der Waals surface area contributed by atoms with Gasteiger partial charge in [-0.1, -0.05) is 29.4 Å². The smallest absolute Gasteiger partial charge is 0.296 e. The maximum Gasteiger partial charge on any atom is 0.296 e. The van der Waals surface area contributed by atoms with Gasteiger partial charge in [-0.15, -0.1) is 0 Å². The second kappa shape index (κ2) is 9.22. The molecule has 2 aliphatic heterocycles. The number of nitrogens with zero attached hydrogens (tertiary/aromatic N) is 2. The van der Waals surface area contributed by atoms with E-state index >= 15 is 0 Å². The molecule has 0 saturated heterocycles. The summed E-state index contributed by atoms with van der Waals surface area (Å²) >= 11 is 7.55. The standard InChI is InChI=1S/C27H25ClN2O6S/c1-33-18-10-13(11-19(34-2)24(18)35-3)22-21-23(31)15-6-4-5-7-17(15)36-25(21)26(32)30(22)27-29-16-9-8-14(28)12-20(16)37-27/h8-12,15,17,22H,4-7H2,1-3H3. The molecule has 0 N–H and O–H groups in total. The number of amides is 1. The Hall–Kier alpha value is -3.30. The first-order valence-corrected chi connectivity index (χ1v) is 13.3. The predicted octanol–water partition coefficient (Wildman–Crippen LogP) is 5.48. The third kappa shape index (κ3) is 3.75. The molecule has 1 aliphatic carbocycles. The minimum Gasteiger partial charge on any atom is -0.493 e. The van der Waals surface area contributed by atoms with Crippen molar-refractivity contribution in [1.29, 1.82) is 0 Å². The summed E-state index contributed by atoms with van der Waals surface area (Å²) in [5, 5.41) is 1.03. The second-order valence-electron chi connectivity index (χ2n) is 9.30. The maximum absolute atomic E-state index is 14.0. The monoisotopic (exact) mass is 540 g/mol. The number of ether oxygens (including phenoxy) is 4. The molecule has 1 saturated carbocycles. The number of halogens is 1. The zero-order valence-corrected chi connectivity index (χ0v) is 22.1. The molecule has 1 aromatic heterocycles. The van der Waals surface area contributed by atoms with Crippen molar-refractivity contribution >= 4 is 50.0 Å². The highest BCUT2D eigenvalue weighted by molar-refractivity contribution is 7.22. The number of aromatic nitrogens is 1. The van der Waals surface area contributed by atoms with E-state index < -0.39 is 6.04 Å². The Morgan fingerprint density at radius 3 is 2.46 bits per heavy atom. The number of ketones is 1. The number of rotatable bonds is 5. The van der Waals surface area contributed by atoms with Crippen LogP contribution in [0, 0.1) is 5.92 Å². The second-order valence-corrected chi connectivity index (χ2v) is 10.7. The summed E-state index contributed by atoms with van der Waals surface area (Å²) in [5.74, 6) is 0.708. The fraction of sp³-hybridized carbons (Fsp3) is 0.370. The number of Topliss-reactive ketones (excluding diaryl/α,β-unsaturated/α-hetero) is 1. The van der Waals surface area contributed by atoms with Crippen LogP contribution < -0.4 is 19.1 Å². The van der Waals surface area contributed by atoms with Crippen molar-refractivity contribution in [3.8, 4) is 17.2 Å². The van der Waals surface area contributed by atoms with E-state index in [1.807, 2.05) is 12.1 Å². The van der Waals surface area contributed by atoms with Gasteiger partial charge in [0.25, 0.3) is 5.91 Å². The Labute approximate surface area is 222 Å². The Bertz CT molecular complexity index is 1440. The van der Waals surface area contributed by atoms with E-state index in [4.69, 9.17) is 35.5 Å². The highest BCUT2D eigenvalue weighted by atomic mass is 35.5. The number of carbonyl (C=O) groups excluding carboxylic acids is 2. The number of hydrogen-bond donors (Lipinski definition) is 0. The summed E-state index contributed by atoms with van der Waals surface area (Å²) in [5.41, 5.74) is 1.71. The van der Waals surface area contributed by atoms with Crippen molar-refractivity contribution < 1.29 is 28.5 Å². The summed E-state index contributed by atoms with van der Waals surface area (Å²) in [6.07, 6.45) is 3.16. The SMILES string of the molecule is COc1cc(C2C3=C(OC4CCCCC4C3=O)C(=O)N2c2nc3ccc(Cl)cc3s2)cc(OC)c1OC. The highest BCUT2D eigenvalue weighted by Crippen LogP contribution is 2.51. The zero-order valence-electron chi connectivity index (χ0n) is 20.6. The van der Waals surface area contributed by atoms with Gasteiger partial charge in [0.15, 0.2) is 28.2 Å². The lowest BCUT2D eigenvalue weighted by Crippen LogP contribution is -2.39. The number of thiazole rings is 1. The van der Waals surface area contributed by atoms with Crippen LogP contribution in [0.1, 0.15) is 37.3 Å². The van der Waals surface area contributed by atoms with Gasteiger partial charge >= 0.3 is 0 Å². The van der Waals surface area contributed by atoms with Gasteiger partial charge in [-0.05, 0) is 55.2 Å². The van der Waals surface area contributed by atoms with Crippen LogP contribution in [-0.4, -0.2) is 44.1 Å². The van der Waals surface area contributed by atoms with Gasteiger partial charge < -0.3 is 18.9 Å². The van der Waals surface area contributed by atoms with Crippen LogP contribution in [0.3, 0.4) is 0 Å². The lowest BCUT2D eigenvalue weighted by molar-refractivity contribution is -0.131. The first kappa shape index (κ1) is 24.1. The molecule has 8 nitrogen and oxygen atoms in total. The predicted molar refractivity (Wildman–Crippen MR) is 140 cm³/mol. The number of carbonyl (C=O) groups is 2. The van der Waals surface area contributed by atoms with Crippen LogP contribution >= 0.6 is 22.9 Å². The quantitative estimate of drug-likeness (QED) is 0.423. The fourth-order valence-corrected chi connectivity index (χ4v) is 6.87. The third-order valence-electron chi connectivity index (χ3n) is 7.31. The molecule has 37 heavy (non-hydrogen) atoms. The summed E-state index contributed by atoms with van der Waals surface area (Å²) in [7, 11) is 4.59. The molecule has 3 heterocycles. The number of fused-ring (bicyclic) bond motifs is 2. The number of anilines is 1. The van der Waals surface area contributed by atoms with Gasteiger partial charge in [0, 0.05) is 5.02 Å². The van der Waals surface area contributed by atoms with Crippen LogP contribution in [-0.2, 0) is 14.3 Å². The number of hydrogen-bond acceptors (Lipinski definition) is 8. The molecule has 0 bridgehead atoms. The van der Waals surface area contributed by atoms with Gasteiger partial charge in [-0.25, -0.2) is 4.98 Å². The molecule has 3 aromatic rings. The van der Waals surface area contributed by atoms with Crippen molar-refractivity contribution in [3.63, 3.8) is 0 Å². The van der Waals surface area contributed by atoms with Crippen LogP contribution in [0.4, 0.5) is 5.13 Å². The van der Waals surface area contributed by atoms with E-state index in [0.717, 1.165) is 30.4 Å². The van der Waals surface area contributed by atoms with Gasteiger partial charge in [0.1, 0.15) is 6.10 Å². The van der Waals surface area contributed by atoms with E-state index in [0.29, 0.717) is 44.1 Å². The Morgan fingerprint density at radius 2 is 1.76 bits per heavy atom.